The maximum absolute atomic E-state index is 6.63. The summed E-state index contributed by atoms with van der Waals surface area (Å²) >= 11 is 0. The highest BCUT2D eigenvalue weighted by atomic mass is 16.3. The Morgan fingerprint density at radius 3 is 1.63 bits per heavy atom. The molecule has 0 unspecified atom stereocenters. The first-order chi connectivity index (χ1) is 37.2. The van der Waals surface area contributed by atoms with Crippen LogP contribution in [0.2, 0.25) is 0 Å². The monoisotopic (exact) mass is 954 g/mol. The Bertz CT molecular complexity index is 4660. The molecular formula is C72H46N2O. The van der Waals surface area contributed by atoms with Crippen LogP contribution in [0.3, 0.4) is 0 Å². The second kappa shape index (κ2) is 17.4. The van der Waals surface area contributed by atoms with Crippen molar-refractivity contribution in [1.82, 2.24) is 4.57 Å². The fourth-order valence-corrected chi connectivity index (χ4v) is 11.8. The highest BCUT2D eigenvalue weighted by molar-refractivity contribution is 6.16. The fourth-order valence-electron chi connectivity index (χ4n) is 11.8. The van der Waals surface area contributed by atoms with Gasteiger partial charge in [-0.15, -0.1) is 0 Å². The lowest BCUT2D eigenvalue weighted by Crippen LogP contribution is -2.12. The third-order valence-corrected chi connectivity index (χ3v) is 15.4. The van der Waals surface area contributed by atoms with Crippen molar-refractivity contribution in [3.63, 3.8) is 0 Å². The standard InChI is InChI=1S/C72H46N2O/c1-2-15-48(16-3-1)65-45-54(53-32-31-51-30-29-49-17-4-6-21-58(49)64(51)44-53)36-41-70(65)73(67-26-11-8-22-59(67)55-37-42-71-66(46-55)63-40-35-50-18-5-7-23-60(50)72(63)75-71)56-38-33-47(34-39-56)52-19-14-20-57(43-52)74-68-27-12-9-24-61(68)62-25-10-13-28-69(62)74/h1-46H. The molecule has 0 bridgehead atoms. The van der Waals surface area contributed by atoms with E-state index in [9.17, 15) is 0 Å². The van der Waals surface area contributed by atoms with E-state index < -0.39 is 0 Å². The van der Waals surface area contributed by atoms with E-state index in [0.717, 1.165) is 89.0 Å². The van der Waals surface area contributed by atoms with Gasteiger partial charge in [-0.25, -0.2) is 0 Å². The maximum Gasteiger partial charge on any atom is 0.143 e. The minimum absolute atomic E-state index is 0.876. The van der Waals surface area contributed by atoms with Gasteiger partial charge in [-0.3, -0.25) is 0 Å². The Kier molecular flexibility index (Phi) is 9.89. The van der Waals surface area contributed by atoms with E-state index >= 15 is 0 Å². The second-order valence-corrected chi connectivity index (χ2v) is 19.6. The predicted octanol–water partition coefficient (Wildman–Crippen LogP) is 20.3. The molecule has 2 aromatic heterocycles. The summed E-state index contributed by atoms with van der Waals surface area (Å²) < 4.78 is 9.02. The van der Waals surface area contributed by atoms with Crippen LogP contribution in [0.5, 0.6) is 0 Å². The SMILES string of the molecule is c1ccc(-c2cc(-c3ccc4ccc5ccccc5c4c3)ccc2N(c2ccc(-c3cccc(-n4c5ccccc5c5ccccc54)c3)cc2)c2ccccc2-c2ccc3oc4c5ccccc5ccc4c3c2)cc1. The molecule has 2 heterocycles. The molecule has 75 heavy (non-hydrogen) atoms. The molecule has 0 saturated heterocycles. The zero-order valence-electron chi connectivity index (χ0n) is 40.9. The van der Waals surface area contributed by atoms with E-state index in [1.807, 2.05) is 0 Å². The summed E-state index contributed by atoms with van der Waals surface area (Å²) in [5.41, 5.74) is 17.6. The van der Waals surface area contributed by atoms with E-state index in [-0.39, 0.29) is 0 Å². The van der Waals surface area contributed by atoms with Crippen LogP contribution >= 0.6 is 0 Å². The number of furan rings is 1. The average molecular weight is 955 g/mol. The first-order valence-electron chi connectivity index (χ1n) is 25.7. The van der Waals surface area contributed by atoms with E-state index in [2.05, 4.69) is 289 Å². The Hall–Kier alpha value is -9.96. The molecule has 0 amide bonds. The molecule has 0 saturated carbocycles. The van der Waals surface area contributed by atoms with Gasteiger partial charge in [0.2, 0.25) is 0 Å². The van der Waals surface area contributed by atoms with Gasteiger partial charge in [-0.05, 0) is 139 Å². The highest BCUT2D eigenvalue weighted by Gasteiger charge is 2.23. The third kappa shape index (κ3) is 7.12. The van der Waals surface area contributed by atoms with Crippen molar-refractivity contribution < 1.29 is 4.42 Å². The van der Waals surface area contributed by atoms with Crippen molar-refractivity contribution >= 4 is 93.1 Å². The summed E-state index contributed by atoms with van der Waals surface area (Å²) in [6.45, 7) is 0. The molecule has 13 aromatic carbocycles. The number of hydrogen-bond donors (Lipinski definition) is 0. The van der Waals surface area contributed by atoms with Gasteiger partial charge in [0.15, 0.2) is 0 Å². The van der Waals surface area contributed by atoms with Gasteiger partial charge in [0, 0.05) is 49.4 Å². The van der Waals surface area contributed by atoms with Crippen LogP contribution in [0.4, 0.5) is 17.1 Å². The van der Waals surface area contributed by atoms with Crippen molar-refractivity contribution in [2.24, 2.45) is 0 Å². The number of anilines is 3. The molecule has 0 fully saturated rings. The number of hydrogen-bond acceptors (Lipinski definition) is 2. The number of para-hydroxylation sites is 3. The number of aromatic nitrogens is 1. The molecule has 0 radical (unpaired) electrons. The summed E-state index contributed by atoms with van der Waals surface area (Å²) in [5, 5.41) is 12.0. The zero-order chi connectivity index (χ0) is 49.4. The third-order valence-electron chi connectivity index (χ3n) is 15.4. The van der Waals surface area contributed by atoms with Crippen LogP contribution in [0.15, 0.2) is 283 Å². The van der Waals surface area contributed by atoms with Gasteiger partial charge >= 0.3 is 0 Å². The summed E-state index contributed by atoms with van der Waals surface area (Å²) in [6.07, 6.45) is 0. The highest BCUT2D eigenvalue weighted by Crippen LogP contribution is 2.48. The van der Waals surface area contributed by atoms with Gasteiger partial charge in [0.05, 0.1) is 22.4 Å². The molecule has 15 aromatic rings. The van der Waals surface area contributed by atoms with Crippen molar-refractivity contribution in [2.75, 3.05) is 4.90 Å². The Balaban J connectivity index is 0.908. The minimum atomic E-state index is 0.876. The summed E-state index contributed by atoms with van der Waals surface area (Å²) in [6, 6.07) is 102. The molecule has 3 heteroatoms. The van der Waals surface area contributed by atoms with Gasteiger partial charge in [0.25, 0.3) is 0 Å². The topological polar surface area (TPSA) is 21.3 Å². The van der Waals surface area contributed by atoms with Crippen molar-refractivity contribution in [3.05, 3.63) is 279 Å². The maximum atomic E-state index is 6.63. The fraction of sp³-hybridized carbons (Fsp3) is 0. The largest absolute Gasteiger partial charge is 0.455 e. The van der Waals surface area contributed by atoms with E-state index in [0.29, 0.717) is 0 Å². The van der Waals surface area contributed by atoms with Crippen LogP contribution in [0.25, 0.3) is 126 Å². The number of rotatable bonds is 8. The zero-order valence-corrected chi connectivity index (χ0v) is 40.9. The van der Waals surface area contributed by atoms with Gasteiger partial charge in [-0.1, -0.05) is 200 Å². The summed E-state index contributed by atoms with van der Waals surface area (Å²) in [4.78, 5) is 2.46. The van der Waals surface area contributed by atoms with Crippen molar-refractivity contribution in [3.8, 4) is 50.2 Å². The molecule has 0 atom stereocenters. The number of nitrogens with zero attached hydrogens (tertiary/aromatic N) is 2. The van der Waals surface area contributed by atoms with Gasteiger partial charge in [0.1, 0.15) is 11.2 Å². The first-order valence-corrected chi connectivity index (χ1v) is 25.7. The lowest BCUT2D eigenvalue weighted by Gasteiger charge is -2.30. The van der Waals surface area contributed by atoms with E-state index in [1.54, 1.807) is 0 Å². The molecule has 3 nitrogen and oxygen atoms in total. The average Bonchev–Trinajstić information content (AvgIpc) is 4.04. The van der Waals surface area contributed by atoms with Crippen molar-refractivity contribution in [2.45, 2.75) is 0 Å². The number of benzene rings is 13. The molecule has 0 aliphatic carbocycles. The second-order valence-electron chi connectivity index (χ2n) is 19.6. The molecule has 0 aliphatic heterocycles. The molecule has 0 spiro atoms. The van der Waals surface area contributed by atoms with Crippen LogP contribution in [-0.4, -0.2) is 4.57 Å². The van der Waals surface area contributed by atoms with Crippen LogP contribution in [-0.2, 0) is 0 Å². The Morgan fingerprint density at radius 2 is 0.827 bits per heavy atom. The Labute approximate surface area is 434 Å². The molecule has 0 N–H and O–H groups in total. The molecule has 350 valence electrons. The molecular weight excluding hydrogens is 909 g/mol. The van der Waals surface area contributed by atoms with Crippen molar-refractivity contribution in [1.29, 1.82) is 0 Å². The minimum Gasteiger partial charge on any atom is -0.455 e. The lowest BCUT2D eigenvalue weighted by atomic mass is 9.93. The van der Waals surface area contributed by atoms with Gasteiger partial charge in [-0.2, -0.15) is 0 Å². The number of fused-ring (bicyclic) bond motifs is 11. The van der Waals surface area contributed by atoms with E-state index in [1.165, 1.54) is 54.3 Å². The quantitative estimate of drug-likeness (QED) is 0.142. The molecule has 0 aliphatic rings. The lowest BCUT2D eigenvalue weighted by molar-refractivity contribution is 0.672. The first kappa shape index (κ1) is 42.7. The van der Waals surface area contributed by atoms with Gasteiger partial charge < -0.3 is 13.9 Å². The normalized spacial score (nSPS) is 11.7. The smallest absolute Gasteiger partial charge is 0.143 e. The predicted molar refractivity (Wildman–Crippen MR) is 317 cm³/mol. The van der Waals surface area contributed by atoms with Crippen LogP contribution in [0, 0.1) is 0 Å². The Morgan fingerprint density at radius 1 is 0.280 bits per heavy atom. The molecule has 15 rings (SSSR count). The summed E-state index contributed by atoms with van der Waals surface area (Å²) in [5.74, 6) is 0. The summed E-state index contributed by atoms with van der Waals surface area (Å²) in [7, 11) is 0. The van der Waals surface area contributed by atoms with Crippen LogP contribution < -0.4 is 4.90 Å². The van der Waals surface area contributed by atoms with E-state index in [4.69, 9.17) is 4.42 Å². The van der Waals surface area contributed by atoms with Crippen LogP contribution in [0.1, 0.15) is 0 Å².